The third-order valence-corrected chi connectivity index (χ3v) is 4.11. The summed E-state index contributed by atoms with van der Waals surface area (Å²) in [6.45, 7) is 6.34. The standard InChI is InChI=1S/C15H27N3O/c1-4-9-16-10-13-11-19-15(17-13)18(3)14-7-5-12(2)6-8-14/h11-12,14,16H,4-10H2,1-3H3. The SMILES string of the molecule is CCCNCc1coc(N(C)C2CCC(C)CC2)n1. The Morgan fingerprint density at radius 1 is 1.37 bits per heavy atom. The van der Waals surface area contributed by atoms with Crippen LogP contribution >= 0.6 is 0 Å². The molecule has 19 heavy (non-hydrogen) atoms. The first kappa shape index (κ1) is 14.4. The van der Waals surface area contributed by atoms with E-state index < -0.39 is 0 Å². The summed E-state index contributed by atoms with van der Waals surface area (Å²) in [6, 6.07) is 1.36. The molecule has 0 spiro atoms. The van der Waals surface area contributed by atoms with Crippen LogP contribution < -0.4 is 10.2 Å². The van der Waals surface area contributed by atoms with E-state index in [-0.39, 0.29) is 0 Å². The second kappa shape index (κ2) is 6.94. The predicted molar refractivity (Wildman–Crippen MR) is 78.3 cm³/mol. The van der Waals surface area contributed by atoms with Gasteiger partial charge in [0.15, 0.2) is 0 Å². The molecule has 1 heterocycles. The Balaban J connectivity index is 1.86. The molecule has 0 aliphatic heterocycles. The minimum absolute atomic E-state index is 0.589. The maximum atomic E-state index is 5.61. The van der Waals surface area contributed by atoms with Gasteiger partial charge in [0.2, 0.25) is 0 Å². The molecule has 0 amide bonds. The van der Waals surface area contributed by atoms with E-state index in [0.29, 0.717) is 6.04 Å². The molecule has 0 bridgehead atoms. The average Bonchev–Trinajstić information content (AvgIpc) is 2.88. The number of nitrogens with one attached hydrogen (secondary N) is 1. The second-order valence-corrected chi connectivity index (χ2v) is 5.82. The first-order chi connectivity index (χ1) is 9.20. The van der Waals surface area contributed by atoms with Gasteiger partial charge in [0.1, 0.15) is 6.26 Å². The summed E-state index contributed by atoms with van der Waals surface area (Å²) in [5.74, 6) is 0.878. The minimum Gasteiger partial charge on any atom is -0.432 e. The van der Waals surface area contributed by atoms with E-state index in [1.165, 1.54) is 25.7 Å². The largest absolute Gasteiger partial charge is 0.432 e. The molecule has 0 aromatic carbocycles. The summed E-state index contributed by atoms with van der Waals surface area (Å²) >= 11 is 0. The maximum absolute atomic E-state index is 5.61. The molecule has 1 saturated carbocycles. The van der Waals surface area contributed by atoms with Crippen LogP contribution in [0.15, 0.2) is 10.7 Å². The third kappa shape index (κ3) is 3.96. The normalized spacial score (nSPS) is 23.5. The molecule has 1 aromatic heterocycles. The van der Waals surface area contributed by atoms with Crippen LogP contribution in [-0.2, 0) is 6.54 Å². The van der Waals surface area contributed by atoms with Gasteiger partial charge in [-0.1, -0.05) is 13.8 Å². The molecule has 1 aliphatic carbocycles. The van der Waals surface area contributed by atoms with Crippen molar-refractivity contribution in [3.05, 3.63) is 12.0 Å². The van der Waals surface area contributed by atoms with Crippen LogP contribution in [0.5, 0.6) is 0 Å². The summed E-state index contributed by atoms with van der Waals surface area (Å²) in [7, 11) is 2.11. The van der Waals surface area contributed by atoms with Crippen LogP contribution in [-0.4, -0.2) is 24.6 Å². The molecular weight excluding hydrogens is 238 g/mol. The lowest BCUT2D eigenvalue weighted by atomic mass is 9.87. The van der Waals surface area contributed by atoms with Gasteiger partial charge in [0.05, 0.1) is 5.69 Å². The number of hydrogen-bond acceptors (Lipinski definition) is 4. The quantitative estimate of drug-likeness (QED) is 0.802. The molecule has 1 aliphatic rings. The van der Waals surface area contributed by atoms with Gasteiger partial charge in [-0.2, -0.15) is 4.98 Å². The summed E-state index contributed by atoms with van der Waals surface area (Å²) < 4.78 is 5.61. The number of rotatable bonds is 6. The van der Waals surface area contributed by atoms with E-state index in [1.54, 1.807) is 6.26 Å². The fourth-order valence-electron chi connectivity index (χ4n) is 2.72. The highest BCUT2D eigenvalue weighted by Crippen LogP contribution is 2.28. The Kier molecular flexibility index (Phi) is 5.25. The first-order valence-corrected chi connectivity index (χ1v) is 7.58. The van der Waals surface area contributed by atoms with Gasteiger partial charge in [-0.25, -0.2) is 0 Å². The zero-order chi connectivity index (χ0) is 13.7. The molecule has 0 unspecified atom stereocenters. The first-order valence-electron chi connectivity index (χ1n) is 7.58. The third-order valence-electron chi connectivity index (χ3n) is 4.11. The molecule has 4 heteroatoms. The van der Waals surface area contributed by atoms with Gasteiger partial charge in [-0.3, -0.25) is 0 Å². The van der Waals surface area contributed by atoms with Crippen LogP contribution in [0.25, 0.3) is 0 Å². The molecular formula is C15H27N3O. The molecule has 1 fully saturated rings. The van der Waals surface area contributed by atoms with Gasteiger partial charge < -0.3 is 14.6 Å². The number of hydrogen-bond donors (Lipinski definition) is 1. The number of oxazole rings is 1. The summed E-state index contributed by atoms with van der Waals surface area (Å²) in [5, 5.41) is 3.35. The van der Waals surface area contributed by atoms with E-state index in [2.05, 4.69) is 36.1 Å². The van der Waals surface area contributed by atoms with Crippen LogP contribution in [0.4, 0.5) is 6.01 Å². The van der Waals surface area contributed by atoms with Crippen molar-refractivity contribution in [3.8, 4) is 0 Å². The van der Waals surface area contributed by atoms with E-state index in [9.17, 15) is 0 Å². The van der Waals surface area contributed by atoms with Gasteiger partial charge in [-0.15, -0.1) is 0 Å². The fourth-order valence-corrected chi connectivity index (χ4v) is 2.72. The lowest BCUT2D eigenvalue weighted by Gasteiger charge is -2.32. The van der Waals surface area contributed by atoms with Crippen molar-refractivity contribution >= 4 is 6.01 Å². The summed E-state index contributed by atoms with van der Waals surface area (Å²) in [4.78, 5) is 6.79. The van der Waals surface area contributed by atoms with Gasteiger partial charge in [0, 0.05) is 19.6 Å². The molecule has 1 N–H and O–H groups in total. The van der Waals surface area contributed by atoms with Crippen molar-refractivity contribution in [2.45, 2.75) is 58.5 Å². The highest BCUT2D eigenvalue weighted by molar-refractivity contribution is 5.27. The van der Waals surface area contributed by atoms with Crippen LogP contribution in [0, 0.1) is 5.92 Å². The van der Waals surface area contributed by atoms with Gasteiger partial charge in [-0.05, 0) is 44.6 Å². The predicted octanol–water partition coefficient (Wildman–Crippen LogP) is 3.19. The number of aromatic nitrogens is 1. The van der Waals surface area contributed by atoms with Crippen molar-refractivity contribution in [1.29, 1.82) is 0 Å². The maximum Gasteiger partial charge on any atom is 0.297 e. The zero-order valence-electron chi connectivity index (χ0n) is 12.5. The van der Waals surface area contributed by atoms with Gasteiger partial charge in [0.25, 0.3) is 6.01 Å². The Morgan fingerprint density at radius 2 is 2.11 bits per heavy atom. The Labute approximate surface area is 116 Å². The Bertz CT molecular complexity index is 369. The summed E-state index contributed by atoms with van der Waals surface area (Å²) in [5.41, 5.74) is 1.000. The van der Waals surface area contributed by atoms with E-state index in [0.717, 1.165) is 37.1 Å². The molecule has 4 nitrogen and oxygen atoms in total. The van der Waals surface area contributed by atoms with Crippen molar-refractivity contribution in [1.82, 2.24) is 10.3 Å². The monoisotopic (exact) mass is 265 g/mol. The van der Waals surface area contributed by atoms with Crippen LogP contribution in [0.2, 0.25) is 0 Å². The number of anilines is 1. The average molecular weight is 265 g/mol. The fraction of sp³-hybridized carbons (Fsp3) is 0.800. The summed E-state index contributed by atoms with van der Waals surface area (Å²) in [6.07, 6.45) is 8.07. The topological polar surface area (TPSA) is 41.3 Å². The molecule has 0 atom stereocenters. The lowest BCUT2D eigenvalue weighted by Crippen LogP contribution is -2.35. The number of nitrogens with zero attached hydrogens (tertiary/aromatic N) is 2. The highest BCUT2D eigenvalue weighted by Gasteiger charge is 2.24. The minimum atomic E-state index is 0.589. The van der Waals surface area contributed by atoms with Crippen molar-refractivity contribution < 1.29 is 4.42 Å². The van der Waals surface area contributed by atoms with E-state index in [1.807, 2.05) is 0 Å². The molecule has 2 rings (SSSR count). The van der Waals surface area contributed by atoms with E-state index in [4.69, 9.17) is 4.42 Å². The van der Waals surface area contributed by atoms with Crippen molar-refractivity contribution in [2.75, 3.05) is 18.5 Å². The Hall–Kier alpha value is -1.03. The molecule has 0 radical (unpaired) electrons. The van der Waals surface area contributed by atoms with Gasteiger partial charge >= 0.3 is 0 Å². The van der Waals surface area contributed by atoms with Crippen molar-refractivity contribution in [3.63, 3.8) is 0 Å². The Morgan fingerprint density at radius 3 is 2.79 bits per heavy atom. The smallest absolute Gasteiger partial charge is 0.297 e. The van der Waals surface area contributed by atoms with E-state index >= 15 is 0 Å². The van der Waals surface area contributed by atoms with Crippen LogP contribution in [0.1, 0.15) is 51.6 Å². The molecule has 1 aromatic rings. The highest BCUT2D eigenvalue weighted by atomic mass is 16.4. The zero-order valence-corrected chi connectivity index (χ0v) is 12.5. The lowest BCUT2D eigenvalue weighted by molar-refractivity contribution is 0.332. The molecule has 0 saturated heterocycles. The molecule has 108 valence electrons. The van der Waals surface area contributed by atoms with Crippen LogP contribution in [0.3, 0.4) is 0 Å². The van der Waals surface area contributed by atoms with Crippen molar-refractivity contribution in [2.24, 2.45) is 5.92 Å². The second-order valence-electron chi connectivity index (χ2n) is 5.82.